The molecule has 0 fully saturated rings. The van der Waals surface area contributed by atoms with Crippen LogP contribution in [-0.2, 0) is 0 Å². The maximum atomic E-state index is 13.2. The number of carbonyl (C=O) groups excluding carboxylic acids is 1. The van der Waals surface area contributed by atoms with Crippen LogP contribution in [0.3, 0.4) is 0 Å². The highest BCUT2D eigenvalue weighted by atomic mass is 16.5. The lowest BCUT2D eigenvalue weighted by molar-refractivity contribution is 0.105. The first-order valence-corrected chi connectivity index (χ1v) is 8.56. The first-order valence-electron chi connectivity index (χ1n) is 8.56. The molecular weight excluding hydrogens is 338 g/mol. The molecule has 1 heterocycles. The summed E-state index contributed by atoms with van der Waals surface area (Å²) in [6.07, 6.45) is 1.79. The van der Waals surface area contributed by atoms with Gasteiger partial charge in [-0.3, -0.25) is 4.79 Å². The van der Waals surface area contributed by atoms with E-state index in [2.05, 4.69) is 4.98 Å². The zero-order chi connectivity index (χ0) is 18.6. The van der Waals surface area contributed by atoms with E-state index in [-0.39, 0.29) is 5.78 Å². The number of ether oxygens (including phenoxy) is 1. The normalized spacial score (nSPS) is 11.5. The van der Waals surface area contributed by atoms with Crippen LogP contribution in [0.15, 0.2) is 83.3 Å². The summed E-state index contributed by atoms with van der Waals surface area (Å²) < 4.78 is 11.1. The quantitative estimate of drug-likeness (QED) is 0.362. The molecule has 3 aromatic carbocycles. The molecule has 0 atom stereocenters. The number of para-hydroxylation sites is 2. The standard InChI is InChI=1S/C23H17NO3/c1-26-18-13-11-16(12-14-18)15-19(22(25)17-7-3-2-4-8-17)23-24-20-9-5-6-10-21(20)27-23/h2-15H,1H3. The summed E-state index contributed by atoms with van der Waals surface area (Å²) in [5.41, 5.74) is 3.21. The van der Waals surface area contributed by atoms with Gasteiger partial charge in [-0.1, -0.05) is 54.6 Å². The molecule has 0 spiro atoms. The summed E-state index contributed by atoms with van der Waals surface area (Å²) in [5.74, 6) is 0.920. The van der Waals surface area contributed by atoms with Crippen LogP contribution in [-0.4, -0.2) is 17.9 Å². The second-order valence-electron chi connectivity index (χ2n) is 6.01. The van der Waals surface area contributed by atoms with Gasteiger partial charge < -0.3 is 9.15 Å². The van der Waals surface area contributed by atoms with Crippen molar-refractivity contribution in [1.82, 2.24) is 4.98 Å². The molecule has 4 nitrogen and oxygen atoms in total. The van der Waals surface area contributed by atoms with Crippen molar-refractivity contribution >= 4 is 28.5 Å². The predicted molar refractivity (Wildman–Crippen MR) is 106 cm³/mol. The van der Waals surface area contributed by atoms with Gasteiger partial charge in [-0.15, -0.1) is 0 Å². The number of hydrogen-bond acceptors (Lipinski definition) is 4. The Labute approximate surface area is 156 Å². The monoisotopic (exact) mass is 355 g/mol. The molecule has 4 rings (SSSR count). The zero-order valence-electron chi connectivity index (χ0n) is 14.8. The molecule has 0 saturated heterocycles. The summed E-state index contributed by atoms with van der Waals surface area (Å²) in [4.78, 5) is 17.7. The zero-order valence-corrected chi connectivity index (χ0v) is 14.8. The smallest absolute Gasteiger partial charge is 0.231 e. The number of Topliss-reactive ketones (excluding diaryl/α,β-unsaturated/α-hetero) is 1. The molecule has 27 heavy (non-hydrogen) atoms. The molecule has 0 amide bonds. The fourth-order valence-corrected chi connectivity index (χ4v) is 2.82. The number of fused-ring (bicyclic) bond motifs is 1. The van der Waals surface area contributed by atoms with Crippen molar-refractivity contribution in [2.45, 2.75) is 0 Å². The van der Waals surface area contributed by atoms with E-state index < -0.39 is 0 Å². The van der Waals surface area contributed by atoms with Crippen molar-refractivity contribution in [2.24, 2.45) is 0 Å². The number of oxazole rings is 1. The third-order valence-electron chi connectivity index (χ3n) is 4.23. The van der Waals surface area contributed by atoms with E-state index in [1.54, 1.807) is 25.3 Å². The van der Waals surface area contributed by atoms with Gasteiger partial charge >= 0.3 is 0 Å². The summed E-state index contributed by atoms with van der Waals surface area (Å²) in [7, 11) is 1.62. The van der Waals surface area contributed by atoms with Gasteiger partial charge in [-0.25, -0.2) is 4.98 Å². The van der Waals surface area contributed by atoms with E-state index in [1.165, 1.54) is 0 Å². The third-order valence-corrected chi connectivity index (χ3v) is 4.23. The Balaban J connectivity index is 1.83. The van der Waals surface area contributed by atoms with Crippen molar-refractivity contribution in [1.29, 1.82) is 0 Å². The molecule has 132 valence electrons. The van der Waals surface area contributed by atoms with E-state index in [0.29, 0.717) is 28.1 Å². The van der Waals surface area contributed by atoms with Crippen LogP contribution in [0, 0.1) is 0 Å². The lowest BCUT2D eigenvalue weighted by Crippen LogP contribution is -2.03. The number of rotatable bonds is 5. The van der Waals surface area contributed by atoms with Gasteiger partial charge in [-0.2, -0.15) is 0 Å². The molecule has 0 unspecified atom stereocenters. The number of carbonyl (C=O) groups is 1. The molecule has 0 aliphatic rings. The molecule has 0 aliphatic carbocycles. The van der Waals surface area contributed by atoms with Gasteiger partial charge in [0.15, 0.2) is 11.4 Å². The Kier molecular flexibility index (Phi) is 4.54. The number of methoxy groups -OCH3 is 1. The number of ketones is 1. The molecule has 0 bridgehead atoms. The molecule has 0 N–H and O–H groups in total. The van der Waals surface area contributed by atoms with Crippen LogP contribution in [0.4, 0.5) is 0 Å². The van der Waals surface area contributed by atoms with Crippen molar-refractivity contribution in [3.05, 3.63) is 95.9 Å². The molecule has 4 heteroatoms. The summed E-state index contributed by atoms with van der Waals surface area (Å²) in [6, 6.07) is 24.1. The number of aromatic nitrogens is 1. The van der Waals surface area contributed by atoms with Gasteiger partial charge in [0.25, 0.3) is 0 Å². The SMILES string of the molecule is COc1ccc(C=C(C(=O)c2ccccc2)c2nc3ccccc3o2)cc1. The van der Waals surface area contributed by atoms with Crippen molar-refractivity contribution in [2.75, 3.05) is 7.11 Å². The van der Waals surface area contributed by atoms with Crippen molar-refractivity contribution in [3.63, 3.8) is 0 Å². The summed E-state index contributed by atoms with van der Waals surface area (Å²) in [5, 5.41) is 0. The number of nitrogens with zero attached hydrogens (tertiary/aromatic N) is 1. The van der Waals surface area contributed by atoms with Gasteiger partial charge in [0.2, 0.25) is 5.89 Å². The molecule has 4 aromatic rings. The highest BCUT2D eigenvalue weighted by Crippen LogP contribution is 2.26. The molecule has 0 radical (unpaired) electrons. The van der Waals surface area contributed by atoms with Crippen LogP contribution in [0.5, 0.6) is 5.75 Å². The van der Waals surface area contributed by atoms with E-state index in [0.717, 1.165) is 11.3 Å². The topological polar surface area (TPSA) is 52.3 Å². The van der Waals surface area contributed by atoms with Gasteiger partial charge in [0.1, 0.15) is 11.3 Å². The fraction of sp³-hybridized carbons (Fsp3) is 0.0435. The first-order chi connectivity index (χ1) is 13.2. The average molecular weight is 355 g/mol. The lowest BCUT2D eigenvalue weighted by Gasteiger charge is -2.05. The minimum Gasteiger partial charge on any atom is -0.497 e. The van der Waals surface area contributed by atoms with Gasteiger partial charge in [0.05, 0.1) is 12.7 Å². The van der Waals surface area contributed by atoms with Crippen LogP contribution in [0.2, 0.25) is 0 Å². The van der Waals surface area contributed by atoms with Crippen LogP contribution in [0.1, 0.15) is 21.8 Å². The minimum atomic E-state index is -0.141. The average Bonchev–Trinajstić information content (AvgIpc) is 3.16. The Hall–Kier alpha value is -3.66. The van der Waals surface area contributed by atoms with Gasteiger partial charge in [0, 0.05) is 5.56 Å². The highest BCUT2D eigenvalue weighted by molar-refractivity contribution is 6.31. The Morgan fingerprint density at radius 1 is 0.926 bits per heavy atom. The maximum absolute atomic E-state index is 13.2. The minimum absolute atomic E-state index is 0.141. The van der Waals surface area contributed by atoms with Gasteiger partial charge in [-0.05, 0) is 35.9 Å². The Bertz CT molecular complexity index is 1080. The lowest BCUT2D eigenvalue weighted by atomic mass is 10.0. The van der Waals surface area contributed by atoms with Crippen LogP contribution < -0.4 is 4.74 Å². The number of hydrogen-bond donors (Lipinski definition) is 0. The largest absolute Gasteiger partial charge is 0.497 e. The Morgan fingerprint density at radius 2 is 1.63 bits per heavy atom. The highest BCUT2D eigenvalue weighted by Gasteiger charge is 2.20. The van der Waals surface area contributed by atoms with Crippen molar-refractivity contribution < 1.29 is 13.9 Å². The molecular formula is C23H17NO3. The van der Waals surface area contributed by atoms with E-state index >= 15 is 0 Å². The maximum Gasteiger partial charge on any atom is 0.231 e. The summed E-state index contributed by atoms with van der Waals surface area (Å²) >= 11 is 0. The van der Waals surface area contributed by atoms with E-state index in [1.807, 2.05) is 66.7 Å². The van der Waals surface area contributed by atoms with E-state index in [9.17, 15) is 4.79 Å². The number of benzene rings is 3. The first kappa shape index (κ1) is 16.8. The second kappa shape index (κ2) is 7.30. The predicted octanol–water partition coefficient (Wildman–Crippen LogP) is 5.26. The van der Waals surface area contributed by atoms with Crippen LogP contribution >= 0.6 is 0 Å². The number of allylic oxidation sites excluding steroid dienone is 1. The second-order valence-corrected chi connectivity index (χ2v) is 6.01. The molecule has 0 aliphatic heterocycles. The fourth-order valence-electron chi connectivity index (χ4n) is 2.82. The van der Waals surface area contributed by atoms with E-state index in [4.69, 9.17) is 9.15 Å². The Morgan fingerprint density at radius 3 is 2.33 bits per heavy atom. The van der Waals surface area contributed by atoms with Crippen molar-refractivity contribution in [3.8, 4) is 5.75 Å². The van der Waals surface area contributed by atoms with Crippen LogP contribution in [0.25, 0.3) is 22.7 Å². The molecule has 0 saturated carbocycles. The summed E-state index contributed by atoms with van der Waals surface area (Å²) in [6.45, 7) is 0. The third kappa shape index (κ3) is 3.51. The molecule has 1 aromatic heterocycles.